The molecule has 0 saturated carbocycles. The Morgan fingerprint density at radius 3 is 2.19 bits per heavy atom. The lowest BCUT2D eigenvalue weighted by Gasteiger charge is -2.21. The number of carbonyl (C=O) groups excluding carboxylic acids is 1. The Hall–Kier alpha value is -2.99. The third kappa shape index (κ3) is 5.53. The Balaban J connectivity index is 1.99. The van der Waals surface area contributed by atoms with Gasteiger partial charge < -0.3 is 15.0 Å². The van der Waals surface area contributed by atoms with Crippen LogP contribution in [0.4, 0.5) is 10.1 Å². The lowest BCUT2D eigenvalue weighted by molar-refractivity contribution is 0.102. The van der Waals surface area contributed by atoms with E-state index < -0.39 is 0 Å². The lowest BCUT2D eigenvalue weighted by Crippen LogP contribution is -2.33. The van der Waals surface area contributed by atoms with Gasteiger partial charge in [-0.25, -0.2) is 4.39 Å². The topological polar surface area (TPSA) is 41.6 Å². The van der Waals surface area contributed by atoms with Crippen molar-refractivity contribution in [2.45, 2.75) is 0 Å². The van der Waals surface area contributed by atoms with Gasteiger partial charge in [-0.2, -0.15) is 0 Å². The van der Waals surface area contributed by atoms with Gasteiger partial charge in [0.15, 0.2) is 0 Å². The first kappa shape index (κ1) is 19.3. The van der Waals surface area contributed by atoms with Gasteiger partial charge in [0.25, 0.3) is 11.1 Å². The maximum atomic E-state index is 12.9. The van der Waals surface area contributed by atoms with Gasteiger partial charge in [0.2, 0.25) is 0 Å². The molecule has 0 radical (unpaired) electrons. The Morgan fingerprint density at radius 1 is 1.08 bits per heavy atom. The highest BCUT2D eigenvalue weighted by atomic mass is 32.1. The average molecular weight is 370 g/mol. The quantitative estimate of drug-likeness (QED) is 0.579. The molecule has 1 N–H and O–H groups in total. The summed E-state index contributed by atoms with van der Waals surface area (Å²) in [4.78, 5) is 14.0. The van der Waals surface area contributed by atoms with Gasteiger partial charge in [0, 0.05) is 24.3 Å². The van der Waals surface area contributed by atoms with E-state index in [9.17, 15) is 9.18 Å². The van der Waals surface area contributed by atoms with E-state index in [1.165, 1.54) is 24.3 Å². The van der Waals surface area contributed by atoms with Crippen molar-refractivity contribution in [3.05, 3.63) is 85.2 Å². The van der Waals surface area contributed by atoms with E-state index in [4.69, 9.17) is 17.0 Å². The highest BCUT2D eigenvalue weighted by Crippen LogP contribution is 2.16. The minimum absolute atomic E-state index is 0.299. The fraction of sp³-hybridized carbons (Fsp3) is 0.100. The molecule has 0 aliphatic heterocycles. The van der Waals surface area contributed by atoms with E-state index in [0.717, 1.165) is 0 Å². The summed E-state index contributed by atoms with van der Waals surface area (Å²) in [5.41, 5.74) is 0.962. The van der Waals surface area contributed by atoms with Crippen molar-refractivity contribution in [1.29, 1.82) is 0 Å². The van der Waals surface area contributed by atoms with Crippen molar-refractivity contribution in [3.8, 4) is 5.75 Å². The second kappa shape index (κ2) is 9.48. The lowest BCUT2D eigenvalue weighted by atomic mass is 10.2. The molecule has 26 heavy (non-hydrogen) atoms. The van der Waals surface area contributed by atoms with Crippen LogP contribution < -0.4 is 10.1 Å². The molecule has 0 saturated heterocycles. The van der Waals surface area contributed by atoms with Crippen LogP contribution >= 0.6 is 12.2 Å². The molecule has 2 aromatic carbocycles. The Labute approximate surface area is 157 Å². The molecule has 0 fully saturated rings. The van der Waals surface area contributed by atoms with Crippen LogP contribution in [0.3, 0.4) is 0 Å². The van der Waals surface area contributed by atoms with Gasteiger partial charge in [0.05, 0.1) is 0 Å². The summed E-state index contributed by atoms with van der Waals surface area (Å²) >= 11 is 5.27. The first-order valence-corrected chi connectivity index (χ1v) is 8.30. The minimum Gasteiger partial charge on any atom is -0.432 e. The number of anilines is 1. The highest BCUT2D eigenvalue weighted by molar-refractivity contribution is 7.80. The molecular weight excluding hydrogens is 351 g/mol. The number of carbonyl (C=O) groups is 1. The first-order valence-electron chi connectivity index (χ1n) is 7.89. The zero-order valence-electron chi connectivity index (χ0n) is 14.2. The van der Waals surface area contributed by atoms with Crippen LogP contribution in [0.1, 0.15) is 10.4 Å². The number of ether oxygens (including phenoxy) is 1. The summed E-state index contributed by atoms with van der Waals surface area (Å²) in [6.45, 7) is 8.46. The predicted octanol–water partition coefficient (Wildman–Crippen LogP) is 4.42. The molecule has 2 rings (SSSR count). The van der Waals surface area contributed by atoms with Crippen molar-refractivity contribution < 1.29 is 13.9 Å². The molecule has 0 heterocycles. The summed E-state index contributed by atoms with van der Waals surface area (Å²) in [7, 11) is 0. The summed E-state index contributed by atoms with van der Waals surface area (Å²) in [5, 5.41) is 2.99. The number of thiocarbonyl (C=S) groups is 1. The zero-order valence-corrected chi connectivity index (χ0v) is 15.0. The third-order valence-electron chi connectivity index (χ3n) is 3.38. The Morgan fingerprint density at radius 2 is 1.65 bits per heavy atom. The second-order valence-corrected chi connectivity index (χ2v) is 5.68. The van der Waals surface area contributed by atoms with Gasteiger partial charge in [-0.05, 0) is 60.7 Å². The molecule has 0 atom stereocenters. The molecule has 0 aliphatic carbocycles. The number of hydrogen-bond donors (Lipinski definition) is 1. The number of nitrogens with zero attached hydrogens (tertiary/aromatic N) is 1. The van der Waals surface area contributed by atoms with Crippen LogP contribution in [-0.4, -0.2) is 29.1 Å². The summed E-state index contributed by atoms with van der Waals surface area (Å²) in [5.74, 6) is -0.139. The number of amides is 1. The summed E-state index contributed by atoms with van der Waals surface area (Å²) < 4.78 is 18.5. The van der Waals surface area contributed by atoms with E-state index in [0.29, 0.717) is 35.3 Å². The van der Waals surface area contributed by atoms with Gasteiger partial charge in [-0.3, -0.25) is 4.79 Å². The molecule has 1 amide bonds. The van der Waals surface area contributed by atoms with Crippen LogP contribution in [-0.2, 0) is 0 Å². The molecule has 2 aromatic rings. The van der Waals surface area contributed by atoms with E-state index in [2.05, 4.69) is 18.5 Å². The maximum Gasteiger partial charge on any atom is 0.265 e. The summed E-state index contributed by atoms with van der Waals surface area (Å²) in [6.07, 6.45) is 3.45. The second-order valence-electron chi connectivity index (χ2n) is 5.34. The number of hydrogen-bond acceptors (Lipinski definition) is 3. The fourth-order valence-corrected chi connectivity index (χ4v) is 2.36. The monoisotopic (exact) mass is 370 g/mol. The van der Waals surface area contributed by atoms with Crippen molar-refractivity contribution in [2.24, 2.45) is 0 Å². The number of rotatable bonds is 7. The molecular formula is C20H19FN2O2S. The van der Waals surface area contributed by atoms with Crippen LogP contribution in [0.2, 0.25) is 0 Å². The minimum atomic E-state index is -0.359. The van der Waals surface area contributed by atoms with Gasteiger partial charge in [0.1, 0.15) is 11.6 Å². The third-order valence-corrected chi connectivity index (χ3v) is 3.72. The van der Waals surface area contributed by atoms with E-state index >= 15 is 0 Å². The van der Waals surface area contributed by atoms with Crippen LogP contribution in [0.5, 0.6) is 5.75 Å². The number of benzene rings is 2. The Bertz CT molecular complexity index is 778. The van der Waals surface area contributed by atoms with Crippen molar-refractivity contribution >= 4 is 29.0 Å². The van der Waals surface area contributed by atoms with Gasteiger partial charge in [-0.15, -0.1) is 13.2 Å². The largest absolute Gasteiger partial charge is 0.432 e. The van der Waals surface area contributed by atoms with E-state index in [-0.39, 0.29) is 11.7 Å². The van der Waals surface area contributed by atoms with Gasteiger partial charge >= 0.3 is 0 Å². The molecule has 0 aromatic heterocycles. The van der Waals surface area contributed by atoms with Crippen LogP contribution in [0.15, 0.2) is 73.8 Å². The predicted molar refractivity (Wildman–Crippen MR) is 106 cm³/mol. The van der Waals surface area contributed by atoms with Gasteiger partial charge in [-0.1, -0.05) is 12.2 Å². The molecule has 6 heteroatoms. The zero-order chi connectivity index (χ0) is 18.9. The molecule has 0 bridgehead atoms. The van der Waals surface area contributed by atoms with Crippen LogP contribution in [0.25, 0.3) is 0 Å². The van der Waals surface area contributed by atoms with E-state index in [1.807, 2.05) is 0 Å². The smallest absolute Gasteiger partial charge is 0.265 e. The molecule has 4 nitrogen and oxygen atoms in total. The van der Waals surface area contributed by atoms with E-state index in [1.54, 1.807) is 41.3 Å². The molecule has 0 spiro atoms. The van der Waals surface area contributed by atoms with Crippen molar-refractivity contribution in [2.75, 3.05) is 18.4 Å². The molecule has 0 unspecified atom stereocenters. The molecule has 0 aliphatic rings. The van der Waals surface area contributed by atoms with Crippen LogP contribution in [0, 0.1) is 5.82 Å². The highest BCUT2D eigenvalue weighted by Gasteiger charge is 2.10. The normalized spacial score (nSPS) is 9.88. The average Bonchev–Trinajstić information content (AvgIpc) is 2.64. The SMILES string of the molecule is C=CCN(CC=C)C(=S)Oc1ccc(C(=O)Nc2ccc(F)cc2)cc1. The first-order chi connectivity index (χ1) is 12.5. The van der Waals surface area contributed by atoms with Crippen molar-refractivity contribution in [3.63, 3.8) is 0 Å². The summed E-state index contributed by atoms with van der Waals surface area (Å²) in [6, 6.07) is 12.1. The fourth-order valence-electron chi connectivity index (χ4n) is 2.11. The number of halogens is 1. The maximum absolute atomic E-state index is 12.9. The van der Waals surface area contributed by atoms with Crippen molar-refractivity contribution in [1.82, 2.24) is 4.90 Å². The standard InChI is InChI=1S/C20H19FN2O2S/c1-3-13-23(14-4-2)20(26)25-18-11-5-15(6-12-18)19(24)22-17-9-7-16(21)8-10-17/h3-12H,1-2,13-14H2,(H,22,24). The Kier molecular flexibility index (Phi) is 7.05. The number of nitrogens with one attached hydrogen (secondary N) is 1. The molecule has 134 valence electrons.